The molecule has 0 spiro atoms. The van der Waals surface area contributed by atoms with Crippen molar-refractivity contribution in [2.24, 2.45) is 0 Å². The van der Waals surface area contributed by atoms with Gasteiger partial charge in [-0.15, -0.1) is 0 Å². The van der Waals surface area contributed by atoms with Crippen LogP contribution in [0.15, 0.2) is 39.6 Å². The minimum Gasteiger partial charge on any atom is -0.311 e. The summed E-state index contributed by atoms with van der Waals surface area (Å²) in [5, 5.41) is 6.84. The smallest absolute Gasteiger partial charge is 0.225 e. The summed E-state index contributed by atoms with van der Waals surface area (Å²) in [6, 6.07) is 5.66. The fraction of sp³-hybridized carbons (Fsp3) is 0.167. The molecule has 0 saturated carbocycles. The van der Waals surface area contributed by atoms with Crippen LogP contribution in [0.5, 0.6) is 0 Å². The highest BCUT2D eigenvalue weighted by Gasteiger charge is 2.04. The van der Waals surface area contributed by atoms with Crippen molar-refractivity contribution < 1.29 is 4.79 Å². The molecule has 1 amide bonds. The summed E-state index contributed by atoms with van der Waals surface area (Å²) in [5.74, 6) is 0.578. The van der Waals surface area contributed by atoms with Gasteiger partial charge < -0.3 is 5.32 Å². The van der Waals surface area contributed by atoms with Crippen molar-refractivity contribution in [3.8, 4) is 0 Å². The molecule has 0 unspecified atom stereocenters. The number of rotatable bonds is 4. The molecule has 0 aliphatic carbocycles. The lowest BCUT2D eigenvalue weighted by molar-refractivity contribution is -0.116. The van der Waals surface area contributed by atoms with Crippen molar-refractivity contribution in [2.75, 3.05) is 5.32 Å². The van der Waals surface area contributed by atoms with E-state index < -0.39 is 0 Å². The number of amides is 1. The van der Waals surface area contributed by atoms with E-state index in [1.807, 2.05) is 17.5 Å². The van der Waals surface area contributed by atoms with Gasteiger partial charge in [-0.25, -0.2) is 4.98 Å². The largest absolute Gasteiger partial charge is 0.311 e. The van der Waals surface area contributed by atoms with Crippen molar-refractivity contribution in [1.29, 1.82) is 0 Å². The number of halogens is 1. The van der Waals surface area contributed by atoms with E-state index in [9.17, 15) is 4.79 Å². The average molecular weight is 311 g/mol. The Kier molecular flexibility index (Phi) is 4.28. The van der Waals surface area contributed by atoms with E-state index >= 15 is 0 Å². The van der Waals surface area contributed by atoms with Gasteiger partial charge in [0, 0.05) is 17.1 Å². The molecule has 0 aliphatic rings. The quantitative estimate of drug-likeness (QED) is 0.939. The third-order valence-electron chi connectivity index (χ3n) is 2.22. The van der Waals surface area contributed by atoms with Crippen molar-refractivity contribution in [2.45, 2.75) is 12.8 Å². The van der Waals surface area contributed by atoms with E-state index in [2.05, 4.69) is 31.6 Å². The third kappa shape index (κ3) is 3.94. The van der Waals surface area contributed by atoms with Crippen LogP contribution < -0.4 is 5.32 Å². The maximum Gasteiger partial charge on any atom is 0.225 e. The molecule has 0 fully saturated rings. The van der Waals surface area contributed by atoms with Gasteiger partial charge in [0.15, 0.2) is 0 Å². The van der Waals surface area contributed by atoms with Gasteiger partial charge in [0.2, 0.25) is 5.91 Å². The zero-order valence-corrected chi connectivity index (χ0v) is 11.4. The predicted molar refractivity (Wildman–Crippen MR) is 73.2 cm³/mol. The molecule has 0 radical (unpaired) electrons. The summed E-state index contributed by atoms with van der Waals surface area (Å²) in [6.45, 7) is 0. The summed E-state index contributed by atoms with van der Waals surface area (Å²) in [6.07, 6.45) is 2.91. The van der Waals surface area contributed by atoms with Gasteiger partial charge >= 0.3 is 0 Å². The molecular formula is C12H11BrN2OS. The zero-order chi connectivity index (χ0) is 12.1. The van der Waals surface area contributed by atoms with Crippen LogP contribution in [0.2, 0.25) is 0 Å². The highest BCUT2D eigenvalue weighted by molar-refractivity contribution is 9.10. The molecule has 2 aromatic heterocycles. The summed E-state index contributed by atoms with van der Waals surface area (Å²) in [7, 11) is 0. The van der Waals surface area contributed by atoms with E-state index in [1.54, 1.807) is 23.6 Å². The van der Waals surface area contributed by atoms with E-state index in [0.717, 1.165) is 10.9 Å². The molecule has 0 bridgehead atoms. The highest BCUT2D eigenvalue weighted by Crippen LogP contribution is 2.12. The first-order valence-electron chi connectivity index (χ1n) is 5.16. The number of anilines is 1. The molecule has 5 heteroatoms. The first-order chi connectivity index (χ1) is 8.24. The Morgan fingerprint density at radius 2 is 2.29 bits per heavy atom. The number of nitrogens with one attached hydrogen (secondary N) is 1. The Morgan fingerprint density at radius 1 is 1.41 bits per heavy atom. The van der Waals surface area contributed by atoms with Crippen LogP contribution in [-0.4, -0.2) is 10.9 Å². The summed E-state index contributed by atoms with van der Waals surface area (Å²) < 4.78 is 0.897. The van der Waals surface area contributed by atoms with Crippen molar-refractivity contribution >= 4 is 39.0 Å². The van der Waals surface area contributed by atoms with Crippen LogP contribution in [0.1, 0.15) is 12.0 Å². The lowest BCUT2D eigenvalue weighted by atomic mass is 10.2. The molecule has 17 heavy (non-hydrogen) atoms. The van der Waals surface area contributed by atoms with Crippen molar-refractivity contribution in [3.05, 3.63) is 45.2 Å². The van der Waals surface area contributed by atoms with Gasteiger partial charge in [-0.05, 0) is 56.9 Å². The molecule has 1 N–H and O–H groups in total. The second kappa shape index (κ2) is 5.93. The number of carbonyl (C=O) groups is 1. The van der Waals surface area contributed by atoms with E-state index in [1.165, 1.54) is 5.56 Å². The number of aryl methyl sites for hydroxylation is 1. The van der Waals surface area contributed by atoms with Gasteiger partial charge in [0.25, 0.3) is 0 Å². The van der Waals surface area contributed by atoms with Crippen LogP contribution >= 0.6 is 27.3 Å². The van der Waals surface area contributed by atoms with Crippen molar-refractivity contribution in [3.63, 3.8) is 0 Å². The first-order valence-corrected chi connectivity index (χ1v) is 6.90. The fourth-order valence-electron chi connectivity index (χ4n) is 1.35. The SMILES string of the molecule is O=C(CCc1ccsc1)Nc1ccc(Br)cn1. The number of aromatic nitrogens is 1. The fourth-order valence-corrected chi connectivity index (χ4v) is 2.29. The number of pyridine rings is 1. The Labute approximate surface area is 112 Å². The zero-order valence-electron chi connectivity index (χ0n) is 9.02. The molecule has 2 aromatic rings. The maximum absolute atomic E-state index is 11.6. The van der Waals surface area contributed by atoms with Crippen LogP contribution in [-0.2, 0) is 11.2 Å². The summed E-state index contributed by atoms with van der Waals surface area (Å²) in [5.41, 5.74) is 1.20. The standard InChI is InChI=1S/C12H11BrN2OS/c13-10-2-3-11(14-7-10)15-12(16)4-1-9-5-6-17-8-9/h2-3,5-8H,1,4H2,(H,14,15,16). The highest BCUT2D eigenvalue weighted by atomic mass is 79.9. The van der Waals surface area contributed by atoms with Crippen LogP contribution in [0, 0.1) is 0 Å². The first kappa shape index (κ1) is 12.3. The Morgan fingerprint density at radius 3 is 2.94 bits per heavy atom. The van der Waals surface area contributed by atoms with Gasteiger partial charge in [-0.1, -0.05) is 0 Å². The van der Waals surface area contributed by atoms with Gasteiger partial charge in [-0.3, -0.25) is 4.79 Å². The minimum absolute atomic E-state index is 0.00831. The molecule has 2 rings (SSSR count). The minimum atomic E-state index is -0.00831. The number of hydrogen-bond acceptors (Lipinski definition) is 3. The lowest BCUT2D eigenvalue weighted by Gasteiger charge is -2.03. The van der Waals surface area contributed by atoms with Crippen LogP contribution in [0.4, 0.5) is 5.82 Å². The van der Waals surface area contributed by atoms with Gasteiger partial charge in [0.05, 0.1) is 0 Å². The molecule has 0 aromatic carbocycles. The number of nitrogens with zero attached hydrogens (tertiary/aromatic N) is 1. The molecule has 0 saturated heterocycles. The lowest BCUT2D eigenvalue weighted by Crippen LogP contribution is -2.13. The Hall–Kier alpha value is -1.20. The van der Waals surface area contributed by atoms with Gasteiger partial charge in [-0.2, -0.15) is 11.3 Å². The van der Waals surface area contributed by atoms with Crippen LogP contribution in [0.3, 0.4) is 0 Å². The normalized spacial score (nSPS) is 10.2. The second-order valence-electron chi connectivity index (χ2n) is 3.54. The monoisotopic (exact) mass is 310 g/mol. The Bertz CT molecular complexity index is 482. The predicted octanol–water partition coefficient (Wildman–Crippen LogP) is 3.48. The Balaban J connectivity index is 1.83. The third-order valence-corrected chi connectivity index (χ3v) is 3.42. The maximum atomic E-state index is 11.6. The number of hydrogen-bond donors (Lipinski definition) is 1. The van der Waals surface area contributed by atoms with Gasteiger partial charge in [0.1, 0.15) is 5.82 Å². The van der Waals surface area contributed by atoms with E-state index in [0.29, 0.717) is 12.2 Å². The molecule has 0 aliphatic heterocycles. The second-order valence-corrected chi connectivity index (χ2v) is 5.24. The topological polar surface area (TPSA) is 42.0 Å². The van der Waals surface area contributed by atoms with E-state index in [-0.39, 0.29) is 5.91 Å². The summed E-state index contributed by atoms with van der Waals surface area (Å²) >= 11 is 4.94. The van der Waals surface area contributed by atoms with Crippen LogP contribution in [0.25, 0.3) is 0 Å². The summed E-state index contributed by atoms with van der Waals surface area (Å²) in [4.78, 5) is 15.7. The number of carbonyl (C=O) groups excluding carboxylic acids is 1. The molecular weight excluding hydrogens is 300 g/mol. The van der Waals surface area contributed by atoms with E-state index in [4.69, 9.17) is 0 Å². The molecule has 3 nitrogen and oxygen atoms in total. The molecule has 88 valence electrons. The molecule has 0 atom stereocenters. The number of thiophene rings is 1. The molecule has 2 heterocycles. The van der Waals surface area contributed by atoms with Crippen molar-refractivity contribution in [1.82, 2.24) is 4.98 Å². The average Bonchev–Trinajstić information content (AvgIpc) is 2.83.